The van der Waals surface area contributed by atoms with Gasteiger partial charge in [0.2, 0.25) is 9.05 Å². The van der Waals surface area contributed by atoms with Gasteiger partial charge in [-0.3, -0.25) is 0 Å². The highest BCUT2D eigenvalue weighted by atomic mass is 35.7. The zero-order valence-electron chi connectivity index (χ0n) is 13.4. The fraction of sp³-hybridized carbons (Fsp3) is 1.00. The van der Waals surface area contributed by atoms with Crippen molar-refractivity contribution in [1.82, 2.24) is 0 Å². The Kier molecular flexibility index (Phi) is 13.1. The first kappa shape index (κ1) is 20.2. The van der Waals surface area contributed by atoms with Crippen molar-refractivity contribution in [2.45, 2.75) is 103 Å². The minimum atomic E-state index is -3.38. The molecule has 0 bridgehead atoms. The Labute approximate surface area is 131 Å². The van der Waals surface area contributed by atoms with Crippen LogP contribution in [0.25, 0.3) is 0 Å². The van der Waals surface area contributed by atoms with Crippen LogP contribution in [0.2, 0.25) is 0 Å². The maximum Gasteiger partial charge on any atom is 0.235 e. The van der Waals surface area contributed by atoms with Crippen LogP contribution in [0.4, 0.5) is 0 Å². The lowest BCUT2D eigenvalue weighted by molar-refractivity contribution is 0.521. The third-order valence-electron chi connectivity index (χ3n) is 3.91. The molecule has 0 saturated heterocycles. The predicted octanol–water partition coefficient (Wildman–Crippen LogP) is 6.03. The molecule has 0 aromatic carbocycles. The molecule has 0 aromatic rings. The van der Waals surface area contributed by atoms with E-state index < -0.39 is 9.05 Å². The monoisotopic (exact) mass is 324 g/mol. The van der Waals surface area contributed by atoms with Gasteiger partial charge in [0.1, 0.15) is 0 Å². The van der Waals surface area contributed by atoms with E-state index in [0.29, 0.717) is 0 Å². The first-order chi connectivity index (χ1) is 9.52. The van der Waals surface area contributed by atoms with Crippen LogP contribution in [-0.2, 0) is 9.05 Å². The summed E-state index contributed by atoms with van der Waals surface area (Å²) in [6.45, 7) is 4.38. The maximum absolute atomic E-state index is 11.6. The Balaban J connectivity index is 3.77. The van der Waals surface area contributed by atoms with Gasteiger partial charge in [-0.15, -0.1) is 0 Å². The van der Waals surface area contributed by atoms with Gasteiger partial charge in [-0.2, -0.15) is 0 Å². The largest absolute Gasteiger partial charge is 0.235 e. The highest BCUT2D eigenvalue weighted by Gasteiger charge is 2.21. The lowest BCUT2D eigenvalue weighted by atomic mass is 10.0. The van der Waals surface area contributed by atoms with E-state index in [1.807, 2.05) is 0 Å². The number of rotatable bonds is 14. The number of halogens is 1. The molecule has 0 N–H and O–H groups in total. The molecule has 122 valence electrons. The Hall–Kier alpha value is 0.240. The molecule has 0 aliphatic heterocycles. The zero-order chi connectivity index (χ0) is 15.3. The molecule has 0 aromatic heterocycles. The van der Waals surface area contributed by atoms with E-state index in [9.17, 15) is 8.42 Å². The summed E-state index contributed by atoms with van der Waals surface area (Å²) in [5, 5.41) is -0.323. The minimum Gasteiger partial charge on any atom is -0.212 e. The Morgan fingerprint density at radius 2 is 1.05 bits per heavy atom. The van der Waals surface area contributed by atoms with Crippen LogP contribution in [-0.4, -0.2) is 13.7 Å². The molecule has 0 fully saturated rings. The summed E-state index contributed by atoms with van der Waals surface area (Å²) in [4.78, 5) is 0. The normalized spacial score (nSPS) is 13.6. The summed E-state index contributed by atoms with van der Waals surface area (Å²) >= 11 is 0. The molecule has 20 heavy (non-hydrogen) atoms. The number of hydrogen-bond acceptors (Lipinski definition) is 2. The molecule has 1 atom stereocenters. The summed E-state index contributed by atoms with van der Waals surface area (Å²) in [7, 11) is 2.18. The van der Waals surface area contributed by atoms with E-state index in [2.05, 4.69) is 13.8 Å². The van der Waals surface area contributed by atoms with Crippen molar-refractivity contribution in [3.63, 3.8) is 0 Å². The van der Waals surface area contributed by atoms with Gasteiger partial charge in [0.05, 0.1) is 5.25 Å². The molecule has 0 heterocycles. The SMILES string of the molecule is CCCCCCCCCC(CCCCCC)S(=O)(=O)Cl. The van der Waals surface area contributed by atoms with Crippen molar-refractivity contribution in [2.24, 2.45) is 0 Å². The fourth-order valence-corrected chi connectivity index (χ4v) is 3.98. The van der Waals surface area contributed by atoms with Crippen LogP contribution < -0.4 is 0 Å². The van der Waals surface area contributed by atoms with Crippen LogP contribution in [0.5, 0.6) is 0 Å². The molecule has 0 amide bonds. The van der Waals surface area contributed by atoms with Gasteiger partial charge in [-0.05, 0) is 12.8 Å². The van der Waals surface area contributed by atoms with Crippen molar-refractivity contribution in [2.75, 3.05) is 0 Å². The summed E-state index contributed by atoms with van der Waals surface area (Å²) < 4.78 is 23.1. The van der Waals surface area contributed by atoms with E-state index in [4.69, 9.17) is 10.7 Å². The van der Waals surface area contributed by atoms with Crippen LogP contribution in [0.3, 0.4) is 0 Å². The minimum absolute atomic E-state index is 0.323. The highest BCUT2D eigenvalue weighted by Crippen LogP contribution is 2.22. The molecule has 0 aliphatic rings. The second-order valence-corrected chi connectivity index (χ2v) is 8.77. The first-order valence-corrected chi connectivity index (χ1v) is 10.8. The van der Waals surface area contributed by atoms with Crippen molar-refractivity contribution in [3.8, 4) is 0 Å². The van der Waals surface area contributed by atoms with Gasteiger partial charge in [0.25, 0.3) is 0 Å². The molecule has 2 nitrogen and oxygen atoms in total. The second kappa shape index (κ2) is 12.9. The van der Waals surface area contributed by atoms with Crippen molar-refractivity contribution >= 4 is 19.7 Å². The first-order valence-electron chi connectivity index (χ1n) is 8.45. The van der Waals surface area contributed by atoms with Crippen molar-refractivity contribution in [1.29, 1.82) is 0 Å². The van der Waals surface area contributed by atoms with E-state index in [1.54, 1.807) is 0 Å². The van der Waals surface area contributed by atoms with Gasteiger partial charge in [-0.1, -0.05) is 84.5 Å². The smallest absolute Gasteiger partial charge is 0.212 e. The third kappa shape index (κ3) is 12.0. The third-order valence-corrected chi connectivity index (χ3v) is 5.93. The van der Waals surface area contributed by atoms with E-state index in [0.717, 1.165) is 38.5 Å². The van der Waals surface area contributed by atoms with E-state index >= 15 is 0 Å². The van der Waals surface area contributed by atoms with Gasteiger partial charge < -0.3 is 0 Å². The van der Waals surface area contributed by atoms with E-state index in [-0.39, 0.29) is 5.25 Å². The average Bonchev–Trinajstić information content (AvgIpc) is 2.38. The van der Waals surface area contributed by atoms with Crippen molar-refractivity contribution < 1.29 is 8.42 Å². The van der Waals surface area contributed by atoms with Crippen molar-refractivity contribution in [3.05, 3.63) is 0 Å². The van der Waals surface area contributed by atoms with E-state index in [1.165, 1.54) is 44.9 Å². The molecule has 0 radical (unpaired) electrons. The summed E-state index contributed by atoms with van der Waals surface area (Å²) in [6, 6.07) is 0. The summed E-state index contributed by atoms with van der Waals surface area (Å²) in [6.07, 6.45) is 14.5. The molecule has 4 heteroatoms. The average molecular weight is 325 g/mol. The Morgan fingerprint density at radius 1 is 0.700 bits per heavy atom. The Bertz CT molecular complexity index is 302. The Morgan fingerprint density at radius 3 is 1.45 bits per heavy atom. The van der Waals surface area contributed by atoms with Gasteiger partial charge >= 0.3 is 0 Å². The van der Waals surface area contributed by atoms with Crippen LogP contribution >= 0.6 is 10.7 Å². The molecule has 0 aliphatic carbocycles. The molecule has 0 rings (SSSR count). The quantitative estimate of drug-likeness (QED) is 0.288. The van der Waals surface area contributed by atoms with Gasteiger partial charge in [-0.25, -0.2) is 8.42 Å². The highest BCUT2D eigenvalue weighted by molar-refractivity contribution is 8.14. The molecule has 0 spiro atoms. The molecule has 0 saturated carbocycles. The topological polar surface area (TPSA) is 34.1 Å². The number of unbranched alkanes of at least 4 members (excludes halogenated alkanes) is 9. The zero-order valence-corrected chi connectivity index (χ0v) is 14.9. The number of hydrogen-bond donors (Lipinski definition) is 0. The predicted molar refractivity (Wildman–Crippen MR) is 89.9 cm³/mol. The van der Waals surface area contributed by atoms with Gasteiger partial charge in [0, 0.05) is 10.7 Å². The molecular formula is C16H33ClO2S. The molecule has 1 unspecified atom stereocenters. The lowest BCUT2D eigenvalue weighted by Gasteiger charge is -2.13. The molecular weight excluding hydrogens is 292 g/mol. The second-order valence-electron chi connectivity index (χ2n) is 5.86. The van der Waals surface area contributed by atoms with Crippen LogP contribution in [0, 0.1) is 0 Å². The van der Waals surface area contributed by atoms with Crippen LogP contribution in [0.15, 0.2) is 0 Å². The fourth-order valence-electron chi connectivity index (χ4n) is 2.55. The summed E-state index contributed by atoms with van der Waals surface area (Å²) in [5.74, 6) is 0. The summed E-state index contributed by atoms with van der Waals surface area (Å²) in [5.41, 5.74) is 0. The lowest BCUT2D eigenvalue weighted by Crippen LogP contribution is -2.16. The maximum atomic E-state index is 11.6. The van der Waals surface area contributed by atoms with Crippen LogP contribution in [0.1, 0.15) is 97.3 Å². The standard InChI is InChI=1S/C16H33ClO2S/c1-3-5-7-9-10-11-13-15-16(20(17,18)19)14-12-8-6-4-2/h16H,3-15H2,1-2H3. The van der Waals surface area contributed by atoms with Gasteiger partial charge in [0.15, 0.2) is 0 Å².